The number of amides is 1. The van der Waals surface area contributed by atoms with Gasteiger partial charge in [0.1, 0.15) is 18.2 Å². The van der Waals surface area contributed by atoms with Gasteiger partial charge in [-0.25, -0.2) is 4.39 Å². The Morgan fingerprint density at radius 2 is 1.73 bits per heavy atom. The number of aryl methyl sites for hydroxylation is 2. The SMILES string of the molecule is Cc1cccc(C)c1OCc1ccc(C(=O)Nc2nn(Cc3ccccc3F)cc2Br)cc1. The first-order chi connectivity index (χ1) is 15.9. The number of aromatic nitrogens is 2. The summed E-state index contributed by atoms with van der Waals surface area (Å²) in [5, 5.41) is 7.16. The van der Waals surface area contributed by atoms with Crippen LogP contribution in [-0.2, 0) is 13.2 Å². The van der Waals surface area contributed by atoms with E-state index in [4.69, 9.17) is 4.74 Å². The van der Waals surface area contributed by atoms with Gasteiger partial charge in [0.15, 0.2) is 5.82 Å². The molecule has 5 nitrogen and oxygen atoms in total. The lowest BCUT2D eigenvalue weighted by Gasteiger charge is -2.12. The molecular weight excluding hydrogens is 485 g/mol. The molecule has 0 saturated carbocycles. The number of para-hydroxylation sites is 1. The first-order valence-corrected chi connectivity index (χ1v) is 11.3. The molecule has 0 atom stereocenters. The fourth-order valence-corrected chi connectivity index (χ4v) is 3.89. The molecule has 0 aliphatic carbocycles. The van der Waals surface area contributed by atoms with Crippen LogP contribution in [0.5, 0.6) is 5.75 Å². The second-order valence-electron chi connectivity index (χ2n) is 7.78. The second-order valence-corrected chi connectivity index (χ2v) is 8.63. The molecule has 0 saturated heterocycles. The fraction of sp³-hybridized carbons (Fsp3) is 0.154. The molecule has 0 bridgehead atoms. The smallest absolute Gasteiger partial charge is 0.256 e. The number of rotatable bonds is 7. The predicted molar refractivity (Wildman–Crippen MR) is 130 cm³/mol. The van der Waals surface area contributed by atoms with Gasteiger partial charge in [-0.05, 0) is 64.7 Å². The molecule has 0 radical (unpaired) electrons. The van der Waals surface area contributed by atoms with Gasteiger partial charge in [-0.1, -0.05) is 48.5 Å². The van der Waals surface area contributed by atoms with E-state index in [9.17, 15) is 9.18 Å². The normalized spacial score (nSPS) is 10.8. The molecule has 3 aromatic carbocycles. The van der Waals surface area contributed by atoms with Crippen LogP contribution in [0.1, 0.15) is 32.6 Å². The molecule has 0 aliphatic heterocycles. The lowest BCUT2D eigenvalue weighted by atomic mass is 10.1. The highest BCUT2D eigenvalue weighted by Gasteiger charge is 2.13. The predicted octanol–water partition coefficient (Wildman–Crippen LogP) is 6.28. The molecular formula is C26H23BrFN3O2. The Morgan fingerprint density at radius 1 is 1.03 bits per heavy atom. The number of halogens is 2. The van der Waals surface area contributed by atoms with Crippen LogP contribution in [-0.4, -0.2) is 15.7 Å². The Hall–Kier alpha value is -3.45. The molecule has 0 aliphatic rings. The monoisotopic (exact) mass is 507 g/mol. The Morgan fingerprint density at radius 3 is 2.42 bits per heavy atom. The zero-order valence-electron chi connectivity index (χ0n) is 18.3. The van der Waals surface area contributed by atoms with Crippen LogP contribution in [0.25, 0.3) is 0 Å². The van der Waals surface area contributed by atoms with E-state index in [0.717, 1.165) is 22.4 Å². The quantitative estimate of drug-likeness (QED) is 0.320. The average Bonchev–Trinajstić information content (AvgIpc) is 3.14. The first kappa shape index (κ1) is 22.7. The van der Waals surface area contributed by atoms with Crippen molar-refractivity contribution in [3.05, 3.63) is 111 Å². The Bertz CT molecular complexity index is 1260. The zero-order chi connectivity index (χ0) is 23.4. The van der Waals surface area contributed by atoms with Gasteiger partial charge in [-0.15, -0.1) is 0 Å². The first-order valence-electron chi connectivity index (χ1n) is 10.5. The van der Waals surface area contributed by atoms with E-state index in [2.05, 4.69) is 26.3 Å². The molecule has 1 amide bonds. The largest absolute Gasteiger partial charge is 0.488 e. The van der Waals surface area contributed by atoms with E-state index in [0.29, 0.717) is 28.0 Å². The van der Waals surface area contributed by atoms with Gasteiger partial charge in [0.05, 0.1) is 11.0 Å². The van der Waals surface area contributed by atoms with Gasteiger partial charge < -0.3 is 10.1 Å². The summed E-state index contributed by atoms with van der Waals surface area (Å²) in [4.78, 5) is 12.7. The third-order valence-corrected chi connectivity index (χ3v) is 5.83. The number of anilines is 1. The summed E-state index contributed by atoms with van der Waals surface area (Å²) in [6.45, 7) is 4.72. The average molecular weight is 508 g/mol. The van der Waals surface area contributed by atoms with Crippen LogP contribution in [0.2, 0.25) is 0 Å². The number of ether oxygens (including phenoxy) is 1. The maximum Gasteiger partial charge on any atom is 0.256 e. The molecule has 4 rings (SSSR count). The molecule has 1 N–H and O–H groups in total. The summed E-state index contributed by atoms with van der Waals surface area (Å²) in [6, 6.07) is 19.8. The van der Waals surface area contributed by atoms with Crippen LogP contribution < -0.4 is 10.1 Å². The van der Waals surface area contributed by atoms with Gasteiger partial charge in [-0.3, -0.25) is 9.48 Å². The summed E-state index contributed by atoms with van der Waals surface area (Å²) in [5.74, 6) is 0.680. The minimum Gasteiger partial charge on any atom is -0.488 e. The summed E-state index contributed by atoms with van der Waals surface area (Å²) in [6.07, 6.45) is 1.70. The van der Waals surface area contributed by atoms with E-state index in [-0.39, 0.29) is 18.3 Å². The lowest BCUT2D eigenvalue weighted by molar-refractivity contribution is 0.102. The molecule has 33 heavy (non-hydrogen) atoms. The lowest BCUT2D eigenvalue weighted by Crippen LogP contribution is -2.13. The molecule has 1 heterocycles. The van der Waals surface area contributed by atoms with Crippen LogP contribution in [0.3, 0.4) is 0 Å². The Balaban J connectivity index is 1.39. The minimum atomic E-state index is -0.295. The van der Waals surface area contributed by atoms with Crippen LogP contribution in [0.15, 0.2) is 77.4 Å². The van der Waals surface area contributed by atoms with Crippen molar-refractivity contribution in [3.63, 3.8) is 0 Å². The maximum absolute atomic E-state index is 13.9. The number of nitrogens with zero attached hydrogens (tertiary/aromatic N) is 2. The third kappa shape index (κ3) is 5.49. The molecule has 168 valence electrons. The van der Waals surface area contributed by atoms with E-state index >= 15 is 0 Å². The molecule has 4 aromatic rings. The summed E-state index contributed by atoms with van der Waals surface area (Å²) in [7, 11) is 0. The molecule has 1 aromatic heterocycles. The van der Waals surface area contributed by atoms with Crippen molar-refractivity contribution in [3.8, 4) is 5.75 Å². The standard InChI is InChI=1S/C26H23BrFN3O2/c1-17-6-5-7-18(2)24(17)33-16-19-10-12-20(13-11-19)26(32)29-25-22(27)15-31(30-25)14-21-8-3-4-9-23(21)28/h3-13,15H,14,16H2,1-2H3,(H,29,30,32). The zero-order valence-corrected chi connectivity index (χ0v) is 19.9. The topological polar surface area (TPSA) is 56.1 Å². The van der Waals surface area contributed by atoms with Crippen molar-refractivity contribution in [1.82, 2.24) is 9.78 Å². The van der Waals surface area contributed by atoms with E-state index in [1.54, 1.807) is 41.2 Å². The van der Waals surface area contributed by atoms with Gasteiger partial charge in [0.2, 0.25) is 0 Å². The minimum absolute atomic E-state index is 0.260. The Kier molecular flexibility index (Phi) is 6.89. The molecule has 0 spiro atoms. The van der Waals surface area contributed by atoms with E-state index < -0.39 is 0 Å². The van der Waals surface area contributed by atoms with E-state index in [1.165, 1.54) is 6.07 Å². The number of benzene rings is 3. The van der Waals surface area contributed by atoms with Crippen LogP contribution in [0, 0.1) is 19.7 Å². The number of hydrogen-bond donors (Lipinski definition) is 1. The van der Waals surface area contributed by atoms with Crippen molar-refractivity contribution in [2.45, 2.75) is 27.0 Å². The molecule has 0 fully saturated rings. The highest BCUT2D eigenvalue weighted by molar-refractivity contribution is 9.10. The number of hydrogen-bond acceptors (Lipinski definition) is 3. The highest BCUT2D eigenvalue weighted by Crippen LogP contribution is 2.24. The fourth-order valence-electron chi connectivity index (χ4n) is 3.48. The van der Waals surface area contributed by atoms with Gasteiger partial charge in [0, 0.05) is 17.3 Å². The van der Waals surface area contributed by atoms with Crippen LogP contribution in [0.4, 0.5) is 10.2 Å². The summed E-state index contributed by atoms with van der Waals surface area (Å²) >= 11 is 3.41. The van der Waals surface area contributed by atoms with Crippen LogP contribution >= 0.6 is 15.9 Å². The number of nitrogens with one attached hydrogen (secondary N) is 1. The van der Waals surface area contributed by atoms with Crippen molar-refractivity contribution < 1.29 is 13.9 Å². The third-order valence-electron chi connectivity index (χ3n) is 5.25. The van der Waals surface area contributed by atoms with Gasteiger partial charge in [-0.2, -0.15) is 5.10 Å². The van der Waals surface area contributed by atoms with Crippen molar-refractivity contribution in [2.75, 3.05) is 5.32 Å². The maximum atomic E-state index is 13.9. The van der Waals surface area contributed by atoms with Crippen molar-refractivity contribution in [1.29, 1.82) is 0 Å². The number of carbonyl (C=O) groups is 1. The van der Waals surface area contributed by atoms with Gasteiger partial charge in [0.25, 0.3) is 5.91 Å². The second kappa shape index (κ2) is 10.0. The van der Waals surface area contributed by atoms with Gasteiger partial charge >= 0.3 is 0 Å². The molecule has 7 heteroatoms. The molecule has 0 unspecified atom stereocenters. The van der Waals surface area contributed by atoms with E-state index in [1.807, 2.05) is 44.2 Å². The Labute approximate surface area is 200 Å². The van der Waals surface area contributed by atoms with Crippen molar-refractivity contribution >= 4 is 27.7 Å². The summed E-state index contributed by atoms with van der Waals surface area (Å²) < 4.78 is 22.1. The highest BCUT2D eigenvalue weighted by atomic mass is 79.9. The summed E-state index contributed by atoms with van der Waals surface area (Å²) in [5.41, 5.74) is 4.16. The number of carbonyl (C=O) groups excluding carboxylic acids is 1. The van der Waals surface area contributed by atoms with Crippen molar-refractivity contribution in [2.24, 2.45) is 0 Å².